The van der Waals surface area contributed by atoms with E-state index in [1.165, 1.54) is 10.4 Å². The fourth-order valence-corrected chi connectivity index (χ4v) is 4.99. The fraction of sp³-hybridized carbons (Fsp3) is 0.176. The van der Waals surface area contributed by atoms with Gasteiger partial charge >= 0.3 is 0 Å². The van der Waals surface area contributed by atoms with Gasteiger partial charge in [0, 0.05) is 6.42 Å². The minimum atomic E-state index is -1.88. The molecule has 2 rings (SSSR count). The number of hydrogen-bond acceptors (Lipinski definition) is 0. The Kier molecular flexibility index (Phi) is 4.02. The second kappa shape index (κ2) is 5.71. The molecule has 2 aromatic rings. The molecule has 0 aliphatic rings. The molecule has 0 aliphatic heterocycles. The van der Waals surface area contributed by atoms with Gasteiger partial charge in [0.05, 0.1) is 0 Å². The van der Waals surface area contributed by atoms with Crippen molar-refractivity contribution in [2.75, 3.05) is 0 Å². The Morgan fingerprint density at radius 1 is 0.833 bits per heavy atom. The van der Waals surface area contributed by atoms with E-state index < -0.39 is 8.07 Å². The molecular formula is C17H18Si. The van der Waals surface area contributed by atoms with Crippen LogP contribution in [0.5, 0.6) is 0 Å². The minimum Gasteiger partial charge on any atom is -0.120 e. The van der Waals surface area contributed by atoms with Crippen LogP contribution in [0, 0.1) is 11.5 Å². The molecule has 0 bridgehead atoms. The molecule has 0 saturated carbocycles. The van der Waals surface area contributed by atoms with Gasteiger partial charge in [-0.15, -0.1) is 11.5 Å². The lowest BCUT2D eigenvalue weighted by molar-refractivity contribution is 1.28. The molecule has 0 aromatic heterocycles. The average Bonchev–Trinajstić information content (AvgIpc) is 2.46. The van der Waals surface area contributed by atoms with Crippen LogP contribution >= 0.6 is 0 Å². The zero-order chi connectivity index (χ0) is 12.8. The first kappa shape index (κ1) is 12.7. The van der Waals surface area contributed by atoms with E-state index >= 15 is 0 Å². The van der Waals surface area contributed by atoms with Gasteiger partial charge in [-0.05, 0) is 10.4 Å². The van der Waals surface area contributed by atoms with Crippen molar-refractivity contribution in [1.82, 2.24) is 0 Å². The summed E-state index contributed by atoms with van der Waals surface area (Å²) in [5, 5.41) is 2.77. The average molecular weight is 250 g/mol. The SMILES string of the molecule is CCC#C[Si](C)(c1ccccc1)c1ccccc1. The molecule has 0 radical (unpaired) electrons. The van der Waals surface area contributed by atoms with Gasteiger partial charge in [0.2, 0.25) is 0 Å². The van der Waals surface area contributed by atoms with Gasteiger partial charge in [0.15, 0.2) is 8.07 Å². The molecule has 1 heteroatoms. The monoisotopic (exact) mass is 250 g/mol. The first-order valence-corrected chi connectivity index (χ1v) is 8.88. The Hall–Kier alpha value is -1.78. The van der Waals surface area contributed by atoms with Crippen LogP contribution < -0.4 is 10.4 Å². The van der Waals surface area contributed by atoms with Gasteiger partial charge < -0.3 is 0 Å². The zero-order valence-electron chi connectivity index (χ0n) is 11.0. The molecular weight excluding hydrogens is 232 g/mol. The third-order valence-electron chi connectivity index (χ3n) is 3.22. The van der Waals surface area contributed by atoms with Crippen molar-refractivity contribution >= 4 is 18.4 Å². The molecule has 0 aliphatic carbocycles. The predicted molar refractivity (Wildman–Crippen MR) is 81.8 cm³/mol. The Morgan fingerprint density at radius 3 is 1.67 bits per heavy atom. The fourth-order valence-electron chi connectivity index (χ4n) is 2.12. The van der Waals surface area contributed by atoms with E-state index in [1.807, 2.05) is 0 Å². The lowest BCUT2D eigenvalue weighted by Gasteiger charge is -2.22. The van der Waals surface area contributed by atoms with Gasteiger partial charge in [-0.25, -0.2) is 0 Å². The van der Waals surface area contributed by atoms with E-state index in [1.54, 1.807) is 0 Å². The summed E-state index contributed by atoms with van der Waals surface area (Å²) >= 11 is 0. The van der Waals surface area contributed by atoms with Crippen molar-refractivity contribution in [3.8, 4) is 11.5 Å². The van der Waals surface area contributed by atoms with E-state index in [9.17, 15) is 0 Å². The van der Waals surface area contributed by atoms with E-state index in [4.69, 9.17) is 0 Å². The Bertz CT molecular complexity index is 507. The third-order valence-corrected chi connectivity index (χ3v) is 6.87. The standard InChI is InChI=1S/C17H18Si/c1-3-4-15-18(2,16-11-7-5-8-12-16)17-13-9-6-10-14-17/h5-14H,3H2,1-2H3. The molecule has 90 valence electrons. The molecule has 0 unspecified atom stereocenters. The number of benzene rings is 2. The smallest absolute Gasteiger partial charge is 0.120 e. The van der Waals surface area contributed by atoms with E-state index in [0.717, 1.165) is 6.42 Å². The van der Waals surface area contributed by atoms with Gasteiger partial charge in [0.25, 0.3) is 0 Å². The van der Waals surface area contributed by atoms with Crippen molar-refractivity contribution in [2.45, 2.75) is 19.9 Å². The lowest BCUT2D eigenvalue weighted by Crippen LogP contribution is -2.54. The summed E-state index contributed by atoms with van der Waals surface area (Å²) in [7, 11) is -1.88. The Labute approximate surface area is 111 Å². The summed E-state index contributed by atoms with van der Waals surface area (Å²) in [5.74, 6) is 3.30. The molecule has 0 nitrogen and oxygen atoms in total. The highest BCUT2D eigenvalue weighted by atomic mass is 28.3. The normalized spacial score (nSPS) is 10.6. The van der Waals surface area contributed by atoms with E-state index in [2.05, 4.69) is 85.6 Å². The maximum absolute atomic E-state index is 3.57. The van der Waals surface area contributed by atoms with Gasteiger partial charge in [-0.1, -0.05) is 74.1 Å². The Morgan fingerprint density at radius 2 is 1.28 bits per heavy atom. The maximum atomic E-state index is 3.57. The van der Waals surface area contributed by atoms with Crippen LogP contribution in [0.4, 0.5) is 0 Å². The topological polar surface area (TPSA) is 0 Å². The van der Waals surface area contributed by atoms with Crippen molar-refractivity contribution in [3.05, 3.63) is 60.7 Å². The minimum absolute atomic E-state index is 0.919. The van der Waals surface area contributed by atoms with Crippen LogP contribution in [0.15, 0.2) is 60.7 Å². The molecule has 0 saturated heterocycles. The van der Waals surface area contributed by atoms with Crippen molar-refractivity contribution in [1.29, 1.82) is 0 Å². The molecule has 0 atom stereocenters. The van der Waals surface area contributed by atoms with E-state index in [0.29, 0.717) is 0 Å². The number of hydrogen-bond donors (Lipinski definition) is 0. The molecule has 0 amide bonds. The first-order chi connectivity index (χ1) is 8.77. The van der Waals surface area contributed by atoms with Gasteiger partial charge in [0.1, 0.15) is 0 Å². The second-order valence-corrected chi connectivity index (χ2v) is 8.17. The first-order valence-electron chi connectivity index (χ1n) is 6.38. The highest BCUT2D eigenvalue weighted by Crippen LogP contribution is 2.04. The van der Waals surface area contributed by atoms with Crippen LogP contribution in [0.1, 0.15) is 13.3 Å². The maximum Gasteiger partial charge on any atom is 0.196 e. The van der Waals surface area contributed by atoms with Crippen molar-refractivity contribution < 1.29 is 0 Å². The molecule has 0 fully saturated rings. The molecule has 18 heavy (non-hydrogen) atoms. The van der Waals surface area contributed by atoms with Crippen LogP contribution in [0.3, 0.4) is 0 Å². The third kappa shape index (κ3) is 2.55. The number of rotatable bonds is 2. The summed E-state index contributed by atoms with van der Waals surface area (Å²) in [4.78, 5) is 0. The summed E-state index contributed by atoms with van der Waals surface area (Å²) in [6.45, 7) is 4.44. The largest absolute Gasteiger partial charge is 0.196 e. The van der Waals surface area contributed by atoms with Crippen molar-refractivity contribution in [2.24, 2.45) is 0 Å². The molecule has 2 aromatic carbocycles. The quantitative estimate of drug-likeness (QED) is 0.568. The lowest BCUT2D eigenvalue weighted by atomic mass is 10.4. The predicted octanol–water partition coefficient (Wildman–Crippen LogP) is 2.83. The highest BCUT2D eigenvalue weighted by molar-refractivity contribution is 7.07. The molecule has 0 N–H and O–H groups in total. The highest BCUT2D eigenvalue weighted by Gasteiger charge is 2.29. The van der Waals surface area contributed by atoms with Crippen LogP contribution in [-0.4, -0.2) is 8.07 Å². The van der Waals surface area contributed by atoms with Gasteiger partial charge in [-0.3, -0.25) is 0 Å². The molecule has 0 heterocycles. The second-order valence-electron chi connectivity index (χ2n) is 4.51. The van der Waals surface area contributed by atoms with E-state index in [-0.39, 0.29) is 0 Å². The zero-order valence-corrected chi connectivity index (χ0v) is 12.0. The van der Waals surface area contributed by atoms with Crippen molar-refractivity contribution in [3.63, 3.8) is 0 Å². The van der Waals surface area contributed by atoms with Crippen LogP contribution in [-0.2, 0) is 0 Å². The van der Waals surface area contributed by atoms with Crippen LogP contribution in [0.25, 0.3) is 0 Å². The summed E-state index contributed by atoms with van der Waals surface area (Å²) in [6.07, 6.45) is 0.919. The van der Waals surface area contributed by atoms with Gasteiger partial charge in [-0.2, -0.15) is 0 Å². The Balaban J connectivity index is 2.55. The molecule has 0 spiro atoms. The summed E-state index contributed by atoms with van der Waals surface area (Å²) in [6, 6.07) is 21.4. The summed E-state index contributed by atoms with van der Waals surface area (Å²) < 4.78 is 0. The summed E-state index contributed by atoms with van der Waals surface area (Å²) in [5.41, 5.74) is 3.57. The van der Waals surface area contributed by atoms with Crippen LogP contribution in [0.2, 0.25) is 6.55 Å².